The van der Waals surface area contributed by atoms with Crippen LogP contribution >= 0.6 is 0 Å². The first-order chi connectivity index (χ1) is 10.0. The maximum atomic E-state index is 12.4. The fourth-order valence-corrected chi connectivity index (χ4v) is 3.99. The van der Waals surface area contributed by atoms with Crippen molar-refractivity contribution in [2.24, 2.45) is 17.1 Å². The molecule has 4 nitrogen and oxygen atoms in total. The molecule has 0 spiro atoms. The van der Waals surface area contributed by atoms with Crippen molar-refractivity contribution in [3.05, 3.63) is 35.9 Å². The molecule has 114 valence electrons. The minimum atomic E-state index is -0.200. The molecule has 2 fully saturated rings. The molecule has 1 heterocycles. The highest BCUT2D eigenvalue weighted by atomic mass is 16.6. The van der Waals surface area contributed by atoms with Crippen LogP contribution in [0.3, 0.4) is 0 Å². The first-order valence-electron chi connectivity index (χ1n) is 7.74. The molecule has 0 aromatic heterocycles. The van der Waals surface area contributed by atoms with Gasteiger partial charge < -0.3 is 15.4 Å². The minimum Gasteiger partial charge on any atom is -0.445 e. The summed E-state index contributed by atoms with van der Waals surface area (Å²) in [5.41, 5.74) is 7.26. The van der Waals surface area contributed by atoms with Crippen molar-refractivity contribution in [3.63, 3.8) is 0 Å². The molecule has 0 radical (unpaired) electrons. The number of benzene rings is 1. The lowest BCUT2D eigenvalue weighted by molar-refractivity contribution is -0.0996. The molecule has 1 amide bonds. The zero-order valence-electron chi connectivity index (χ0n) is 12.8. The van der Waals surface area contributed by atoms with E-state index in [4.69, 9.17) is 10.5 Å². The van der Waals surface area contributed by atoms with Gasteiger partial charge in [0.1, 0.15) is 6.61 Å². The number of carbonyl (C=O) groups is 1. The van der Waals surface area contributed by atoms with Crippen LogP contribution in [0.1, 0.15) is 32.3 Å². The molecule has 3 atom stereocenters. The highest BCUT2D eigenvalue weighted by Crippen LogP contribution is 2.51. The molecule has 1 saturated carbocycles. The van der Waals surface area contributed by atoms with Gasteiger partial charge in [-0.25, -0.2) is 4.79 Å². The van der Waals surface area contributed by atoms with Crippen LogP contribution in [0.15, 0.2) is 30.3 Å². The monoisotopic (exact) mass is 288 g/mol. The molecular formula is C17H24N2O2. The summed E-state index contributed by atoms with van der Waals surface area (Å²) in [6.45, 7) is 5.42. The minimum absolute atomic E-state index is 0.0170. The molecule has 1 aliphatic heterocycles. The van der Waals surface area contributed by atoms with Crippen molar-refractivity contribution in [2.45, 2.75) is 45.4 Å². The van der Waals surface area contributed by atoms with Gasteiger partial charge in [-0.05, 0) is 24.3 Å². The molecular weight excluding hydrogens is 264 g/mol. The summed E-state index contributed by atoms with van der Waals surface area (Å²) in [6.07, 6.45) is 1.94. The van der Waals surface area contributed by atoms with Crippen LogP contribution in [0.4, 0.5) is 4.79 Å². The van der Waals surface area contributed by atoms with Gasteiger partial charge in [0.25, 0.3) is 0 Å². The number of nitrogens with zero attached hydrogens (tertiary/aromatic N) is 1. The molecule has 4 heteroatoms. The van der Waals surface area contributed by atoms with Crippen LogP contribution in [-0.4, -0.2) is 29.6 Å². The zero-order chi connectivity index (χ0) is 15.0. The van der Waals surface area contributed by atoms with E-state index in [1.807, 2.05) is 35.2 Å². The first-order valence-corrected chi connectivity index (χ1v) is 7.74. The third-order valence-corrected chi connectivity index (χ3v) is 5.20. The van der Waals surface area contributed by atoms with Gasteiger partial charge in [-0.15, -0.1) is 0 Å². The number of hydrogen-bond acceptors (Lipinski definition) is 3. The normalized spacial score (nSPS) is 30.2. The number of fused-ring (bicyclic) bond motifs is 1. The number of ether oxygens (including phenoxy) is 1. The Bertz CT molecular complexity index is 515. The molecule has 2 N–H and O–H groups in total. The average Bonchev–Trinajstić information content (AvgIpc) is 2.52. The van der Waals surface area contributed by atoms with Gasteiger partial charge in [-0.1, -0.05) is 44.2 Å². The molecule has 0 unspecified atom stereocenters. The predicted octanol–water partition coefficient (Wildman–Crippen LogP) is 2.77. The third-order valence-electron chi connectivity index (χ3n) is 5.20. The van der Waals surface area contributed by atoms with Crippen molar-refractivity contribution < 1.29 is 9.53 Å². The van der Waals surface area contributed by atoms with Crippen LogP contribution in [0.25, 0.3) is 0 Å². The topological polar surface area (TPSA) is 55.6 Å². The van der Waals surface area contributed by atoms with Gasteiger partial charge in [0, 0.05) is 24.0 Å². The summed E-state index contributed by atoms with van der Waals surface area (Å²) in [7, 11) is 0. The van der Waals surface area contributed by atoms with E-state index >= 15 is 0 Å². The second-order valence-corrected chi connectivity index (χ2v) is 6.83. The average molecular weight is 288 g/mol. The summed E-state index contributed by atoms with van der Waals surface area (Å²) < 4.78 is 5.49. The number of hydrogen-bond donors (Lipinski definition) is 1. The summed E-state index contributed by atoms with van der Waals surface area (Å²) in [6, 6.07) is 10.2. The molecule has 1 aliphatic carbocycles. The van der Waals surface area contributed by atoms with E-state index in [1.54, 1.807) is 0 Å². The highest BCUT2D eigenvalue weighted by molar-refractivity contribution is 5.69. The van der Waals surface area contributed by atoms with E-state index in [0.29, 0.717) is 12.5 Å². The highest BCUT2D eigenvalue weighted by Gasteiger charge is 2.59. The Morgan fingerprint density at radius 3 is 2.81 bits per heavy atom. The second-order valence-electron chi connectivity index (χ2n) is 6.83. The molecule has 1 aromatic carbocycles. The largest absolute Gasteiger partial charge is 0.445 e. The SMILES string of the molecule is CC1(C)[C@H](N)[C@H]2CCCN(C(=O)OCc3ccccc3)[C@H]21. The van der Waals surface area contributed by atoms with Crippen molar-refractivity contribution in [2.75, 3.05) is 6.54 Å². The standard InChI is InChI=1S/C17H24N2O2/c1-17(2)14(18)13-9-6-10-19(15(13)17)16(20)21-11-12-7-4-3-5-8-12/h3-5,7-8,13-15H,6,9-11,18H2,1-2H3/t13-,14-,15-/m1/s1. The third kappa shape index (κ3) is 2.42. The summed E-state index contributed by atoms with van der Waals surface area (Å²) in [5, 5.41) is 0. The lowest BCUT2D eigenvalue weighted by Gasteiger charge is -2.62. The zero-order valence-corrected chi connectivity index (χ0v) is 12.8. The van der Waals surface area contributed by atoms with Crippen LogP contribution in [0, 0.1) is 11.3 Å². The number of piperidine rings is 1. The Morgan fingerprint density at radius 2 is 2.10 bits per heavy atom. The van der Waals surface area contributed by atoms with Crippen LogP contribution in [0.5, 0.6) is 0 Å². The van der Waals surface area contributed by atoms with Crippen molar-refractivity contribution in [1.29, 1.82) is 0 Å². The number of nitrogens with two attached hydrogens (primary N) is 1. The summed E-state index contributed by atoms with van der Waals surface area (Å²) >= 11 is 0. The Kier molecular flexibility index (Phi) is 3.66. The Morgan fingerprint density at radius 1 is 1.38 bits per heavy atom. The molecule has 3 rings (SSSR count). The number of likely N-dealkylation sites (tertiary alicyclic amines) is 1. The van der Waals surface area contributed by atoms with Crippen LogP contribution in [0.2, 0.25) is 0 Å². The van der Waals surface area contributed by atoms with Crippen molar-refractivity contribution in [1.82, 2.24) is 4.90 Å². The van der Waals surface area contributed by atoms with E-state index in [1.165, 1.54) is 0 Å². The van der Waals surface area contributed by atoms with E-state index in [9.17, 15) is 4.79 Å². The van der Waals surface area contributed by atoms with Gasteiger partial charge in [-0.2, -0.15) is 0 Å². The number of amides is 1. The maximum absolute atomic E-state index is 12.4. The van der Waals surface area contributed by atoms with Crippen molar-refractivity contribution in [3.8, 4) is 0 Å². The van der Waals surface area contributed by atoms with E-state index in [0.717, 1.165) is 24.9 Å². The Balaban J connectivity index is 1.64. The quantitative estimate of drug-likeness (QED) is 0.910. The van der Waals surface area contributed by atoms with E-state index in [-0.39, 0.29) is 23.6 Å². The van der Waals surface area contributed by atoms with E-state index < -0.39 is 0 Å². The molecule has 21 heavy (non-hydrogen) atoms. The summed E-state index contributed by atoms with van der Waals surface area (Å²) in [5.74, 6) is 0.429. The number of rotatable bonds is 2. The van der Waals surface area contributed by atoms with Gasteiger partial charge in [-0.3, -0.25) is 0 Å². The van der Waals surface area contributed by atoms with Crippen LogP contribution < -0.4 is 5.73 Å². The predicted molar refractivity (Wildman–Crippen MR) is 81.6 cm³/mol. The van der Waals surface area contributed by atoms with E-state index in [2.05, 4.69) is 13.8 Å². The van der Waals surface area contributed by atoms with Crippen molar-refractivity contribution >= 4 is 6.09 Å². The molecule has 0 bridgehead atoms. The van der Waals surface area contributed by atoms with Gasteiger partial charge in [0.15, 0.2) is 0 Å². The first kappa shape index (κ1) is 14.4. The molecule has 2 aliphatic rings. The van der Waals surface area contributed by atoms with Gasteiger partial charge in [0.2, 0.25) is 0 Å². The second kappa shape index (κ2) is 5.34. The molecule has 1 aromatic rings. The smallest absolute Gasteiger partial charge is 0.410 e. The van der Waals surface area contributed by atoms with Gasteiger partial charge in [0.05, 0.1) is 0 Å². The van der Waals surface area contributed by atoms with Gasteiger partial charge >= 0.3 is 6.09 Å². The lowest BCUT2D eigenvalue weighted by Crippen LogP contribution is -2.73. The summed E-state index contributed by atoms with van der Waals surface area (Å²) in [4.78, 5) is 14.3. The van der Waals surface area contributed by atoms with Crippen LogP contribution in [-0.2, 0) is 11.3 Å². The number of carbonyl (C=O) groups excluding carboxylic acids is 1. The fraction of sp³-hybridized carbons (Fsp3) is 0.588. The Hall–Kier alpha value is -1.55. The molecule has 1 saturated heterocycles. The maximum Gasteiger partial charge on any atom is 0.410 e. The lowest BCUT2D eigenvalue weighted by atomic mass is 9.53. The Labute approximate surface area is 126 Å². The fourth-order valence-electron chi connectivity index (χ4n) is 3.99.